The first-order chi connectivity index (χ1) is 9.09. The number of ether oxygens (including phenoxy) is 1. The van der Waals surface area contributed by atoms with Crippen LogP contribution in [0.3, 0.4) is 0 Å². The fourth-order valence-electron chi connectivity index (χ4n) is 2.95. The van der Waals surface area contributed by atoms with E-state index in [1.54, 1.807) is 7.11 Å². The fourth-order valence-corrected chi connectivity index (χ4v) is 2.95. The first kappa shape index (κ1) is 14.8. The highest BCUT2D eigenvalue weighted by atomic mass is 16.5. The number of hydrogen-bond acceptors (Lipinski definition) is 3. The molecule has 1 saturated carbocycles. The Kier molecular flexibility index (Phi) is 4.85. The molecule has 1 saturated heterocycles. The summed E-state index contributed by atoms with van der Waals surface area (Å²) in [6, 6.07) is 0. The summed E-state index contributed by atoms with van der Waals surface area (Å²) in [4.78, 5) is 14.5. The molecular formula is C15H28N2O2. The van der Waals surface area contributed by atoms with Gasteiger partial charge in [-0.05, 0) is 44.4 Å². The highest BCUT2D eigenvalue weighted by Crippen LogP contribution is 2.43. The van der Waals surface area contributed by atoms with E-state index in [4.69, 9.17) is 4.74 Å². The Bertz CT molecular complexity index is 313. The second kappa shape index (κ2) is 6.23. The maximum absolute atomic E-state index is 12.4. The Balaban J connectivity index is 1.82. The number of methoxy groups -OCH3 is 1. The van der Waals surface area contributed by atoms with Crippen molar-refractivity contribution in [3.63, 3.8) is 0 Å². The van der Waals surface area contributed by atoms with Crippen molar-refractivity contribution in [2.24, 2.45) is 5.92 Å². The minimum atomic E-state index is -0.161. The van der Waals surface area contributed by atoms with Crippen molar-refractivity contribution in [3.8, 4) is 0 Å². The fraction of sp³-hybridized carbons (Fsp3) is 0.933. The zero-order valence-electron chi connectivity index (χ0n) is 12.6. The molecule has 2 fully saturated rings. The van der Waals surface area contributed by atoms with E-state index in [1.807, 2.05) is 0 Å². The van der Waals surface area contributed by atoms with Gasteiger partial charge in [-0.1, -0.05) is 13.8 Å². The van der Waals surface area contributed by atoms with Crippen molar-refractivity contribution in [3.05, 3.63) is 0 Å². The number of rotatable bonds is 8. The second-order valence-electron chi connectivity index (χ2n) is 6.42. The minimum absolute atomic E-state index is 0.161. The van der Waals surface area contributed by atoms with Crippen LogP contribution in [-0.4, -0.2) is 42.8 Å². The number of hydrogen-bond donors (Lipinski definition) is 1. The van der Waals surface area contributed by atoms with Crippen LogP contribution in [0.5, 0.6) is 0 Å². The molecule has 1 unspecified atom stereocenters. The van der Waals surface area contributed by atoms with Crippen LogP contribution in [0.4, 0.5) is 0 Å². The molecule has 0 radical (unpaired) electrons. The van der Waals surface area contributed by atoms with Crippen molar-refractivity contribution in [1.82, 2.24) is 10.2 Å². The molecule has 2 rings (SSSR count). The highest BCUT2D eigenvalue weighted by Gasteiger charge is 2.58. The summed E-state index contributed by atoms with van der Waals surface area (Å²) in [5.74, 6) is 0.972. The van der Waals surface area contributed by atoms with Gasteiger partial charge in [0.25, 0.3) is 0 Å². The molecule has 19 heavy (non-hydrogen) atoms. The van der Waals surface area contributed by atoms with Gasteiger partial charge in [-0.15, -0.1) is 0 Å². The van der Waals surface area contributed by atoms with Crippen LogP contribution in [0.25, 0.3) is 0 Å². The van der Waals surface area contributed by atoms with Gasteiger partial charge in [-0.3, -0.25) is 10.1 Å². The zero-order valence-corrected chi connectivity index (χ0v) is 12.6. The summed E-state index contributed by atoms with van der Waals surface area (Å²) < 4.78 is 5.06. The molecule has 1 amide bonds. The van der Waals surface area contributed by atoms with Crippen molar-refractivity contribution in [1.29, 1.82) is 0 Å². The minimum Gasteiger partial charge on any atom is -0.385 e. The first-order valence-electron chi connectivity index (χ1n) is 7.67. The van der Waals surface area contributed by atoms with Crippen LogP contribution >= 0.6 is 0 Å². The van der Waals surface area contributed by atoms with Crippen LogP contribution < -0.4 is 5.32 Å². The van der Waals surface area contributed by atoms with E-state index in [-0.39, 0.29) is 11.7 Å². The van der Waals surface area contributed by atoms with Gasteiger partial charge >= 0.3 is 0 Å². The van der Waals surface area contributed by atoms with E-state index in [0.29, 0.717) is 11.8 Å². The number of carbonyl (C=O) groups is 1. The molecule has 1 atom stereocenters. The largest absolute Gasteiger partial charge is 0.385 e. The molecule has 4 heteroatoms. The molecule has 0 aromatic heterocycles. The van der Waals surface area contributed by atoms with Crippen molar-refractivity contribution in [2.45, 2.75) is 64.1 Å². The highest BCUT2D eigenvalue weighted by molar-refractivity contribution is 5.91. The van der Waals surface area contributed by atoms with Crippen LogP contribution in [0, 0.1) is 5.92 Å². The van der Waals surface area contributed by atoms with Crippen LogP contribution in [-0.2, 0) is 9.53 Å². The maximum atomic E-state index is 12.4. The van der Waals surface area contributed by atoms with Crippen LogP contribution in [0.15, 0.2) is 0 Å². The Labute approximate surface area is 116 Å². The van der Waals surface area contributed by atoms with Gasteiger partial charge in [0, 0.05) is 20.3 Å². The lowest BCUT2D eigenvalue weighted by Gasteiger charge is -2.25. The molecule has 1 N–H and O–H groups in total. The molecule has 110 valence electrons. The van der Waals surface area contributed by atoms with Crippen molar-refractivity contribution in [2.75, 3.05) is 20.3 Å². The van der Waals surface area contributed by atoms with Gasteiger partial charge in [-0.25, -0.2) is 0 Å². The number of nitrogens with zero attached hydrogens (tertiary/aromatic N) is 1. The molecule has 0 bridgehead atoms. The third-order valence-corrected chi connectivity index (χ3v) is 4.18. The molecular weight excluding hydrogens is 240 g/mol. The SMILES string of the molecule is COCCCCCN1C(=O)C2(CC2)NC1CC(C)C. The third-order valence-electron chi connectivity index (χ3n) is 4.18. The molecule has 0 aromatic rings. The summed E-state index contributed by atoms with van der Waals surface area (Å²) in [6.07, 6.45) is 6.69. The van der Waals surface area contributed by atoms with E-state index >= 15 is 0 Å². The van der Waals surface area contributed by atoms with E-state index in [0.717, 1.165) is 51.7 Å². The number of carbonyl (C=O) groups excluding carboxylic acids is 1. The quantitative estimate of drug-likeness (QED) is 0.686. The average molecular weight is 268 g/mol. The van der Waals surface area contributed by atoms with E-state index < -0.39 is 0 Å². The van der Waals surface area contributed by atoms with Crippen LogP contribution in [0.1, 0.15) is 52.4 Å². The van der Waals surface area contributed by atoms with Crippen molar-refractivity contribution >= 4 is 5.91 Å². The smallest absolute Gasteiger partial charge is 0.244 e. The summed E-state index contributed by atoms with van der Waals surface area (Å²) in [5.41, 5.74) is -0.161. The predicted octanol–water partition coefficient (Wildman–Crippen LogP) is 2.14. The lowest BCUT2D eigenvalue weighted by Crippen LogP contribution is -2.39. The Hall–Kier alpha value is -0.610. The van der Waals surface area contributed by atoms with Gasteiger partial charge in [0.15, 0.2) is 0 Å². The summed E-state index contributed by atoms with van der Waals surface area (Å²) in [6.45, 7) is 6.17. The third kappa shape index (κ3) is 3.48. The van der Waals surface area contributed by atoms with E-state index in [2.05, 4.69) is 24.1 Å². The topological polar surface area (TPSA) is 41.6 Å². The van der Waals surface area contributed by atoms with Gasteiger partial charge in [0.2, 0.25) is 5.91 Å². The Morgan fingerprint density at radius 1 is 1.37 bits per heavy atom. The van der Waals surface area contributed by atoms with Crippen LogP contribution in [0.2, 0.25) is 0 Å². The Morgan fingerprint density at radius 3 is 2.68 bits per heavy atom. The lowest BCUT2D eigenvalue weighted by molar-refractivity contribution is -0.131. The predicted molar refractivity (Wildman–Crippen MR) is 75.8 cm³/mol. The lowest BCUT2D eigenvalue weighted by atomic mass is 10.1. The molecule has 1 aliphatic carbocycles. The molecule has 2 aliphatic rings. The molecule has 4 nitrogen and oxygen atoms in total. The molecule has 1 heterocycles. The summed E-state index contributed by atoms with van der Waals surface area (Å²) >= 11 is 0. The van der Waals surface area contributed by atoms with Gasteiger partial charge in [-0.2, -0.15) is 0 Å². The first-order valence-corrected chi connectivity index (χ1v) is 7.67. The van der Waals surface area contributed by atoms with Gasteiger partial charge in [0.05, 0.1) is 11.7 Å². The number of amides is 1. The summed E-state index contributed by atoms with van der Waals surface area (Å²) in [5, 5.41) is 3.58. The molecule has 1 spiro atoms. The van der Waals surface area contributed by atoms with E-state index in [9.17, 15) is 4.79 Å². The van der Waals surface area contributed by atoms with E-state index in [1.165, 1.54) is 0 Å². The summed E-state index contributed by atoms with van der Waals surface area (Å²) in [7, 11) is 1.74. The molecule has 0 aromatic carbocycles. The Morgan fingerprint density at radius 2 is 2.11 bits per heavy atom. The monoisotopic (exact) mass is 268 g/mol. The molecule has 1 aliphatic heterocycles. The zero-order chi connectivity index (χ0) is 13.9. The van der Waals surface area contributed by atoms with Gasteiger partial charge in [0.1, 0.15) is 0 Å². The maximum Gasteiger partial charge on any atom is 0.244 e. The van der Waals surface area contributed by atoms with Gasteiger partial charge < -0.3 is 9.64 Å². The van der Waals surface area contributed by atoms with Crippen molar-refractivity contribution < 1.29 is 9.53 Å². The number of nitrogens with one attached hydrogen (secondary N) is 1. The second-order valence-corrected chi connectivity index (χ2v) is 6.42. The average Bonchev–Trinajstić information content (AvgIpc) is 3.08. The number of unbranched alkanes of at least 4 members (excludes halogenated alkanes) is 2. The standard InChI is InChI=1S/C15H28N2O2/c1-12(2)11-13-16-15(7-8-15)14(18)17(13)9-5-4-6-10-19-3/h12-13,16H,4-11H2,1-3H3. The normalized spacial score (nSPS) is 24.7.